The van der Waals surface area contributed by atoms with Gasteiger partial charge in [-0.15, -0.1) is 0 Å². The first-order chi connectivity index (χ1) is 9.81. The average Bonchev–Trinajstić information content (AvgIpc) is 2.36. The molecule has 0 saturated carbocycles. The predicted molar refractivity (Wildman–Crippen MR) is 100 cm³/mol. The van der Waals surface area contributed by atoms with E-state index in [1.165, 1.54) is 44.2 Å². The molecule has 0 heterocycles. The molecule has 0 bridgehead atoms. The Balaban J connectivity index is 4.43. The Morgan fingerprint density at radius 3 is 1.05 bits per heavy atom. The first-order valence-electron chi connectivity index (χ1n) is 8.75. The van der Waals surface area contributed by atoms with Gasteiger partial charge in [-0.25, -0.2) is 0 Å². The van der Waals surface area contributed by atoms with Crippen molar-refractivity contribution >= 4 is 13.3 Å². The van der Waals surface area contributed by atoms with Gasteiger partial charge in [-0.1, -0.05) is 0 Å². The van der Waals surface area contributed by atoms with E-state index in [0.717, 1.165) is 0 Å². The summed E-state index contributed by atoms with van der Waals surface area (Å²) in [4.78, 5) is 7.05. The van der Waals surface area contributed by atoms with E-state index in [2.05, 4.69) is 63.9 Å². The van der Waals surface area contributed by atoms with Gasteiger partial charge in [0.1, 0.15) is 0 Å². The second-order valence-electron chi connectivity index (χ2n) is 7.57. The summed E-state index contributed by atoms with van der Waals surface area (Å²) in [5.74, 6) is 0. The van der Waals surface area contributed by atoms with Gasteiger partial charge in [-0.05, 0) is 0 Å². The second kappa shape index (κ2) is 11.9. The van der Waals surface area contributed by atoms with E-state index in [4.69, 9.17) is 0 Å². The van der Waals surface area contributed by atoms with Crippen LogP contribution in [0.4, 0.5) is 0 Å². The monoisotopic (exact) mass is 361 g/mol. The average molecular weight is 360 g/mol. The molecule has 128 valence electrons. The van der Waals surface area contributed by atoms with Crippen molar-refractivity contribution in [3.63, 3.8) is 0 Å². The first kappa shape index (κ1) is 21.4. The first-order valence-corrected chi connectivity index (χ1v) is 14.7. The van der Waals surface area contributed by atoms with Gasteiger partial charge in [0.15, 0.2) is 0 Å². The summed E-state index contributed by atoms with van der Waals surface area (Å²) >= 11 is -1.62. The van der Waals surface area contributed by atoms with Crippen LogP contribution in [0.3, 0.4) is 0 Å². The molecule has 3 nitrogen and oxygen atoms in total. The van der Waals surface area contributed by atoms with E-state index in [9.17, 15) is 0 Å². The third-order valence-electron chi connectivity index (χ3n) is 4.69. The summed E-state index contributed by atoms with van der Waals surface area (Å²) < 4.78 is 0. The minimum atomic E-state index is -1.62. The number of hydrogen-bond donors (Lipinski definition) is 0. The Morgan fingerprint density at radius 2 is 0.857 bits per heavy atom. The summed E-state index contributed by atoms with van der Waals surface area (Å²) in [5.41, 5.74) is 0. The molecule has 0 fully saturated rings. The molecule has 0 spiro atoms. The van der Waals surface area contributed by atoms with E-state index >= 15 is 0 Å². The van der Waals surface area contributed by atoms with Crippen molar-refractivity contribution in [2.45, 2.75) is 47.2 Å². The third kappa shape index (κ3) is 11.6. The fourth-order valence-corrected chi connectivity index (χ4v) is 12.7. The summed E-state index contributed by atoms with van der Waals surface area (Å²) in [6.45, 7) is 6.30. The van der Waals surface area contributed by atoms with Gasteiger partial charge in [-0.3, -0.25) is 0 Å². The van der Waals surface area contributed by atoms with Gasteiger partial charge in [0.25, 0.3) is 0 Å². The molecule has 0 atom stereocenters. The van der Waals surface area contributed by atoms with Crippen LogP contribution in [0.2, 0.25) is 21.0 Å². The summed E-state index contributed by atoms with van der Waals surface area (Å²) in [6.07, 6.45) is 4.26. The van der Waals surface area contributed by atoms with Gasteiger partial charge >= 0.3 is 137 Å². The topological polar surface area (TPSA) is 9.72 Å². The molecule has 0 amide bonds. The minimum absolute atomic E-state index is 1.27. The summed E-state index contributed by atoms with van der Waals surface area (Å²) in [6, 6.07) is 0. The molecule has 0 aromatic heterocycles. The maximum absolute atomic E-state index is 2.49. The molecule has 0 aromatic carbocycles. The number of hydrogen-bond acceptors (Lipinski definition) is 3. The maximum atomic E-state index is 2.49. The fourth-order valence-electron chi connectivity index (χ4n) is 3.22. The molecule has 0 unspecified atom stereocenters. The molecule has 4 heteroatoms. The van der Waals surface area contributed by atoms with Crippen LogP contribution in [-0.4, -0.2) is 89.9 Å². The van der Waals surface area contributed by atoms with Crippen molar-refractivity contribution < 1.29 is 0 Å². The van der Waals surface area contributed by atoms with E-state index in [-0.39, 0.29) is 0 Å². The quantitative estimate of drug-likeness (QED) is 0.467. The standard InChI is InChI=1S/C17H41GeN3/c1-8-18(12-9-15-19(2)3,13-10-16-20(4)5)14-11-17-21(6)7/h8-17H2,1-7H3. The van der Waals surface area contributed by atoms with E-state index < -0.39 is 13.3 Å². The van der Waals surface area contributed by atoms with Crippen LogP contribution in [0.15, 0.2) is 0 Å². The zero-order valence-corrected chi connectivity index (χ0v) is 18.0. The molecule has 0 aliphatic heterocycles. The van der Waals surface area contributed by atoms with Crippen LogP contribution in [0.5, 0.6) is 0 Å². The molecule has 0 aromatic rings. The summed E-state index contributed by atoms with van der Waals surface area (Å²) in [5, 5.41) is 6.26. The van der Waals surface area contributed by atoms with Crippen LogP contribution in [-0.2, 0) is 0 Å². The summed E-state index contributed by atoms with van der Waals surface area (Å²) in [7, 11) is 13.2. The Hall–Kier alpha value is 0.423. The third-order valence-corrected chi connectivity index (χ3v) is 16.7. The van der Waals surface area contributed by atoms with Crippen LogP contribution in [0, 0.1) is 0 Å². The van der Waals surface area contributed by atoms with Crippen molar-refractivity contribution in [3.8, 4) is 0 Å². The molecule has 0 saturated heterocycles. The Kier molecular flexibility index (Phi) is 12.2. The molecule has 0 aliphatic rings. The molecular weight excluding hydrogens is 319 g/mol. The number of nitrogens with zero attached hydrogens (tertiary/aromatic N) is 3. The van der Waals surface area contributed by atoms with Gasteiger partial charge in [0, 0.05) is 0 Å². The van der Waals surface area contributed by atoms with Crippen LogP contribution in [0.25, 0.3) is 0 Å². The Morgan fingerprint density at radius 1 is 0.571 bits per heavy atom. The SMILES string of the molecule is C[CH2][Ge]([CH2]CCN(C)C)([CH2]CCN(C)C)[CH2]CCN(C)C. The fraction of sp³-hybridized carbons (Fsp3) is 1.00. The molecule has 0 radical (unpaired) electrons. The van der Waals surface area contributed by atoms with Crippen LogP contribution >= 0.6 is 0 Å². The van der Waals surface area contributed by atoms with E-state index in [0.29, 0.717) is 0 Å². The molecule has 0 rings (SSSR count). The van der Waals surface area contributed by atoms with Crippen LogP contribution < -0.4 is 0 Å². The van der Waals surface area contributed by atoms with Crippen LogP contribution in [0.1, 0.15) is 26.2 Å². The van der Waals surface area contributed by atoms with Crippen molar-refractivity contribution in [2.75, 3.05) is 61.9 Å². The normalized spacial score (nSPS) is 12.9. The van der Waals surface area contributed by atoms with E-state index in [1.807, 2.05) is 0 Å². The van der Waals surface area contributed by atoms with Crippen molar-refractivity contribution in [1.29, 1.82) is 0 Å². The van der Waals surface area contributed by atoms with E-state index in [1.54, 1.807) is 15.8 Å². The van der Waals surface area contributed by atoms with Crippen molar-refractivity contribution in [2.24, 2.45) is 0 Å². The van der Waals surface area contributed by atoms with Crippen molar-refractivity contribution in [3.05, 3.63) is 0 Å². The molecule has 0 N–H and O–H groups in total. The zero-order chi connectivity index (χ0) is 16.3. The predicted octanol–water partition coefficient (Wildman–Crippen LogP) is 3.31. The van der Waals surface area contributed by atoms with Gasteiger partial charge in [0.2, 0.25) is 0 Å². The van der Waals surface area contributed by atoms with Crippen molar-refractivity contribution in [1.82, 2.24) is 14.7 Å². The Bertz CT molecular complexity index is 206. The van der Waals surface area contributed by atoms with Gasteiger partial charge in [0.05, 0.1) is 0 Å². The molecular formula is C17H41GeN3. The second-order valence-corrected chi connectivity index (χ2v) is 18.5. The zero-order valence-electron chi connectivity index (χ0n) is 15.9. The molecule has 21 heavy (non-hydrogen) atoms. The van der Waals surface area contributed by atoms with Gasteiger partial charge in [-0.2, -0.15) is 0 Å². The Labute approximate surface area is 137 Å². The van der Waals surface area contributed by atoms with Gasteiger partial charge < -0.3 is 0 Å². The number of rotatable bonds is 13. The molecule has 0 aliphatic carbocycles.